The van der Waals surface area contributed by atoms with Crippen molar-refractivity contribution in [1.82, 2.24) is 10.2 Å². The summed E-state index contributed by atoms with van der Waals surface area (Å²) in [6.07, 6.45) is 6.68. The Morgan fingerprint density at radius 1 is 1.11 bits per heavy atom. The Bertz CT molecular complexity index is 168. The van der Waals surface area contributed by atoms with Crippen LogP contribution in [0.25, 0.3) is 0 Å². The van der Waals surface area contributed by atoms with Gasteiger partial charge in [0.2, 0.25) is 0 Å². The highest BCUT2D eigenvalue weighted by Crippen LogP contribution is 2.13. The van der Waals surface area contributed by atoms with Gasteiger partial charge < -0.3 is 10.2 Å². The second-order valence-electron chi connectivity index (χ2n) is 6.41. The zero-order valence-electron chi connectivity index (χ0n) is 13.6. The molecule has 0 aromatic rings. The summed E-state index contributed by atoms with van der Waals surface area (Å²) >= 11 is 0. The first-order chi connectivity index (χ1) is 8.49. The summed E-state index contributed by atoms with van der Waals surface area (Å²) in [5, 5.41) is 3.80. The highest BCUT2D eigenvalue weighted by molar-refractivity contribution is 4.73. The predicted octanol–water partition coefficient (Wildman–Crippen LogP) is 3.77. The van der Waals surface area contributed by atoms with Crippen molar-refractivity contribution < 1.29 is 0 Å². The summed E-state index contributed by atoms with van der Waals surface area (Å²) in [7, 11) is 4.34. The molecule has 0 aromatic heterocycles. The SMILES string of the molecule is CCCCC(CC)CNC(CC(C)C)CN(C)C. The molecule has 0 amide bonds. The average molecular weight is 256 g/mol. The van der Waals surface area contributed by atoms with Gasteiger partial charge in [-0.2, -0.15) is 0 Å². The van der Waals surface area contributed by atoms with Crippen LogP contribution in [-0.4, -0.2) is 38.1 Å². The van der Waals surface area contributed by atoms with E-state index in [2.05, 4.69) is 52.0 Å². The van der Waals surface area contributed by atoms with Gasteiger partial charge in [0.25, 0.3) is 0 Å². The Labute approximate surface area is 116 Å². The molecular formula is C16H36N2. The molecule has 2 heteroatoms. The zero-order valence-corrected chi connectivity index (χ0v) is 13.6. The molecule has 0 saturated carbocycles. The van der Waals surface area contributed by atoms with E-state index in [9.17, 15) is 0 Å². The van der Waals surface area contributed by atoms with E-state index >= 15 is 0 Å². The van der Waals surface area contributed by atoms with Crippen LogP contribution in [0.5, 0.6) is 0 Å². The molecule has 0 aliphatic rings. The standard InChI is InChI=1S/C16H36N2/c1-7-9-10-15(8-2)12-17-16(11-14(3)4)13-18(5)6/h14-17H,7-13H2,1-6H3. The molecule has 0 rings (SSSR count). The molecule has 110 valence electrons. The third-order valence-corrected chi connectivity index (χ3v) is 3.58. The fraction of sp³-hybridized carbons (Fsp3) is 1.00. The van der Waals surface area contributed by atoms with E-state index in [-0.39, 0.29) is 0 Å². The van der Waals surface area contributed by atoms with Gasteiger partial charge in [0, 0.05) is 12.6 Å². The molecule has 0 aliphatic heterocycles. The van der Waals surface area contributed by atoms with E-state index in [1.54, 1.807) is 0 Å². The van der Waals surface area contributed by atoms with Crippen LogP contribution in [0.4, 0.5) is 0 Å². The summed E-state index contributed by atoms with van der Waals surface area (Å²) in [4.78, 5) is 2.30. The number of hydrogen-bond acceptors (Lipinski definition) is 2. The topological polar surface area (TPSA) is 15.3 Å². The molecule has 2 nitrogen and oxygen atoms in total. The van der Waals surface area contributed by atoms with Gasteiger partial charge in [0.05, 0.1) is 0 Å². The van der Waals surface area contributed by atoms with E-state index in [1.165, 1.54) is 38.6 Å². The number of unbranched alkanes of at least 4 members (excludes halogenated alkanes) is 1. The molecule has 0 radical (unpaired) electrons. The van der Waals surface area contributed by atoms with E-state index < -0.39 is 0 Å². The highest BCUT2D eigenvalue weighted by atomic mass is 15.1. The Kier molecular flexibility index (Phi) is 10.8. The van der Waals surface area contributed by atoms with Gasteiger partial charge in [-0.3, -0.25) is 0 Å². The van der Waals surface area contributed by atoms with Crippen LogP contribution in [-0.2, 0) is 0 Å². The molecule has 18 heavy (non-hydrogen) atoms. The molecule has 0 fully saturated rings. The molecule has 0 aromatic carbocycles. The lowest BCUT2D eigenvalue weighted by Gasteiger charge is -2.26. The molecule has 1 N–H and O–H groups in total. The molecule has 0 bridgehead atoms. The van der Waals surface area contributed by atoms with E-state index in [0.717, 1.165) is 18.4 Å². The lowest BCUT2D eigenvalue weighted by molar-refractivity contribution is 0.287. The van der Waals surface area contributed by atoms with Crippen molar-refractivity contribution in [2.75, 3.05) is 27.2 Å². The summed E-state index contributed by atoms with van der Waals surface area (Å²) in [5.41, 5.74) is 0. The Morgan fingerprint density at radius 3 is 2.22 bits per heavy atom. The summed E-state index contributed by atoms with van der Waals surface area (Å²) in [6, 6.07) is 0.649. The molecule has 0 spiro atoms. The van der Waals surface area contributed by atoms with Crippen molar-refractivity contribution in [3.05, 3.63) is 0 Å². The van der Waals surface area contributed by atoms with Gasteiger partial charge in [-0.05, 0) is 45.3 Å². The fourth-order valence-corrected chi connectivity index (χ4v) is 2.51. The van der Waals surface area contributed by atoms with Crippen LogP contribution < -0.4 is 5.32 Å². The minimum absolute atomic E-state index is 0.649. The van der Waals surface area contributed by atoms with E-state index in [4.69, 9.17) is 0 Å². The summed E-state index contributed by atoms with van der Waals surface area (Å²) < 4.78 is 0. The van der Waals surface area contributed by atoms with Crippen LogP contribution in [0.15, 0.2) is 0 Å². The Balaban J connectivity index is 4.04. The van der Waals surface area contributed by atoms with Crippen LogP contribution in [0.2, 0.25) is 0 Å². The largest absolute Gasteiger partial charge is 0.312 e. The summed E-state index contributed by atoms with van der Waals surface area (Å²) in [5.74, 6) is 1.64. The monoisotopic (exact) mass is 256 g/mol. The second kappa shape index (κ2) is 10.8. The maximum Gasteiger partial charge on any atom is 0.0197 e. The third kappa shape index (κ3) is 9.90. The Hall–Kier alpha value is -0.0800. The first kappa shape index (κ1) is 17.9. The van der Waals surface area contributed by atoms with Crippen LogP contribution in [0, 0.1) is 11.8 Å². The normalized spacial score (nSPS) is 15.3. The van der Waals surface area contributed by atoms with Gasteiger partial charge in [-0.15, -0.1) is 0 Å². The maximum atomic E-state index is 3.80. The van der Waals surface area contributed by atoms with Crippen molar-refractivity contribution in [1.29, 1.82) is 0 Å². The molecular weight excluding hydrogens is 220 g/mol. The van der Waals surface area contributed by atoms with Gasteiger partial charge in [0.15, 0.2) is 0 Å². The van der Waals surface area contributed by atoms with Crippen molar-refractivity contribution in [2.45, 2.75) is 65.8 Å². The molecule has 2 atom stereocenters. The maximum absolute atomic E-state index is 3.80. The number of rotatable bonds is 11. The minimum Gasteiger partial charge on any atom is -0.312 e. The van der Waals surface area contributed by atoms with Gasteiger partial charge in [-0.25, -0.2) is 0 Å². The predicted molar refractivity (Wildman–Crippen MR) is 83.1 cm³/mol. The number of nitrogens with one attached hydrogen (secondary N) is 1. The zero-order chi connectivity index (χ0) is 14.0. The molecule has 2 unspecified atom stereocenters. The van der Waals surface area contributed by atoms with Crippen LogP contribution in [0.3, 0.4) is 0 Å². The van der Waals surface area contributed by atoms with E-state index in [0.29, 0.717) is 6.04 Å². The van der Waals surface area contributed by atoms with Crippen molar-refractivity contribution >= 4 is 0 Å². The molecule has 0 aliphatic carbocycles. The second-order valence-corrected chi connectivity index (χ2v) is 6.41. The molecule has 0 saturated heterocycles. The lowest BCUT2D eigenvalue weighted by Crippen LogP contribution is -2.41. The van der Waals surface area contributed by atoms with Crippen molar-refractivity contribution in [3.63, 3.8) is 0 Å². The first-order valence-electron chi connectivity index (χ1n) is 7.87. The first-order valence-corrected chi connectivity index (χ1v) is 7.87. The number of likely N-dealkylation sites (N-methyl/N-ethyl adjacent to an activating group) is 1. The smallest absolute Gasteiger partial charge is 0.0197 e. The Morgan fingerprint density at radius 2 is 1.78 bits per heavy atom. The van der Waals surface area contributed by atoms with Crippen LogP contribution >= 0.6 is 0 Å². The minimum atomic E-state index is 0.649. The van der Waals surface area contributed by atoms with Gasteiger partial charge >= 0.3 is 0 Å². The van der Waals surface area contributed by atoms with Gasteiger partial charge in [0.1, 0.15) is 0 Å². The average Bonchev–Trinajstić information content (AvgIpc) is 2.27. The van der Waals surface area contributed by atoms with Gasteiger partial charge in [-0.1, -0.05) is 47.0 Å². The van der Waals surface area contributed by atoms with Crippen molar-refractivity contribution in [3.8, 4) is 0 Å². The number of hydrogen-bond donors (Lipinski definition) is 1. The van der Waals surface area contributed by atoms with Crippen LogP contribution in [0.1, 0.15) is 59.8 Å². The van der Waals surface area contributed by atoms with E-state index in [1.807, 2.05) is 0 Å². The highest BCUT2D eigenvalue weighted by Gasteiger charge is 2.13. The van der Waals surface area contributed by atoms with Crippen molar-refractivity contribution in [2.24, 2.45) is 11.8 Å². The summed E-state index contributed by atoms with van der Waals surface area (Å²) in [6.45, 7) is 11.6. The quantitative estimate of drug-likeness (QED) is 0.605. The lowest BCUT2D eigenvalue weighted by atomic mass is 9.97. The fourth-order valence-electron chi connectivity index (χ4n) is 2.51. The molecule has 0 heterocycles. The third-order valence-electron chi connectivity index (χ3n) is 3.58. The number of nitrogens with zero attached hydrogens (tertiary/aromatic N) is 1.